The molecule has 6 aromatic heterocycles. The van der Waals surface area contributed by atoms with Crippen LogP contribution < -0.4 is 11.1 Å². The summed E-state index contributed by atoms with van der Waals surface area (Å²) in [7, 11) is 0. The number of thiophene rings is 5. The van der Waals surface area contributed by atoms with E-state index in [-0.39, 0.29) is 21.9 Å². The largest absolute Gasteiger partial charge is 0.274 e. The Morgan fingerprint density at radius 2 is 1.14 bits per heavy atom. The third-order valence-electron chi connectivity index (χ3n) is 11.6. The minimum absolute atomic E-state index is 0.102. The first kappa shape index (κ1) is 44.2. The standard InChI is InChI=1S/C49H65NO2S5/c1-12-14-16-18-19-21-30(3)33(22-20-17-15-13-2)29-50-46(51)34-27-40(55-43(34)44-35(47(50)52)28-41(57-44)48(6,7)8)42-31(4)25-38(54-42)36-23-24-37(53-36)39-26-32(5)45(56-39)49(9,10)11/h23-28,30,33H,12-22,29H2,1-11H3. The van der Waals surface area contributed by atoms with E-state index in [0.29, 0.717) is 29.2 Å². The third-order valence-corrected chi connectivity index (χ3v) is 19.0. The lowest BCUT2D eigenvalue weighted by Crippen LogP contribution is -2.34. The van der Waals surface area contributed by atoms with Crippen LogP contribution in [0.2, 0.25) is 0 Å². The molecule has 2 atom stereocenters. The SMILES string of the molecule is CCCCCCCC(C)C(CCCCCC)Cn1c(=O)c2cc(-c3sc(-c4ccc(-c5cc(C)c(C(C)(C)C)s5)s4)cc3C)sc2c2sc(C(C)(C)C)cc2c1=O. The van der Waals surface area contributed by atoms with Crippen molar-refractivity contribution in [2.45, 2.75) is 164 Å². The lowest BCUT2D eigenvalue weighted by Gasteiger charge is -2.24. The zero-order valence-electron chi connectivity index (χ0n) is 36.4. The Hall–Kier alpha value is -2.36. The van der Waals surface area contributed by atoms with Crippen molar-refractivity contribution >= 4 is 76.9 Å². The molecule has 0 aliphatic rings. The van der Waals surface area contributed by atoms with Crippen LogP contribution in [0.3, 0.4) is 0 Å². The normalized spacial score (nSPS) is 13.7. The van der Waals surface area contributed by atoms with Gasteiger partial charge in [-0.05, 0) is 90.5 Å². The van der Waals surface area contributed by atoms with Gasteiger partial charge in [-0.15, -0.1) is 56.7 Å². The fourth-order valence-electron chi connectivity index (χ4n) is 8.20. The molecule has 3 nitrogen and oxygen atoms in total. The van der Waals surface area contributed by atoms with Gasteiger partial charge in [-0.2, -0.15) is 0 Å². The summed E-state index contributed by atoms with van der Waals surface area (Å²) in [5.74, 6) is 0.747. The summed E-state index contributed by atoms with van der Waals surface area (Å²) >= 11 is 9.01. The molecule has 2 unspecified atom stereocenters. The van der Waals surface area contributed by atoms with Crippen LogP contribution in [0.25, 0.3) is 49.4 Å². The first-order valence-corrected chi connectivity index (χ1v) is 25.6. The van der Waals surface area contributed by atoms with Crippen molar-refractivity contribution in [2.75, 3.05) is 0 Å². The summed E-state index contributed by atoms with van der Waals surface area (Å²) in [6.45, 7) is 25.4. The Bertz CT molecular complexity index is 2410. The summed E-state index contributed by atoms with van der Waals surface area (Å²) in [5.41, 5.74) is 2.40. The van der Waals surface area contributed by atoms with E-state index in [9.17, 15) is 9.59 Å². The van der Waals surface area contributed by atoms with E-state index >= 15 is 0 Å². The second kappa shape index (κ2) is 18.5. The average Bonchev–Trinajstić information content (AvgIpc) is 3.98. The zero-order valence-corrected chi connectivity index (χ0v) is 40.5. The minimum Gasteiger partial charge on any atom is -0.274 e. The number of nitrogens with zero attached hydrogens (tertiary/aromatic N) is 1. The highest BCUT2D eigenvalue weighted by Gasteiger charge is 2.26. The summed E-state index contributed by atoms with van der Waals surface area (Å²) in [6.07, 6.45) is 13.3. The van der Waals surface area contributed by atoms with E-state index in [0.717, 1.165) is 33.5 Å². The third kappa shape index (κ3) is 9.99. The molecule has 0 saturated heterocycles. The second-order valence-corrected chi connectivity index (χ2v) is 23.9. The maximum atomic E-state index is 14.9. The van der Waals surface area contributed by atoms with E-state index in [1.54, 1.807) is 27.2 Å². The smallest absolute Gasteiger partial charge is 0.262 e. The molecular formula is C49H65NO2S5. The van der Waals surface area contributed by atoms with Crippen molar-refractivity contribution in [3.05, 3.63) is 78.0 Å². The maximum Gasteiger partial charge on any atom is 0.262 e. The van der Waals surface area contributed by atoms with Crippen LogP contribution in [-0.4, -0.2) is 4.57 Å². The first-order chi connectivity index (χ1) is 27.0. The number of hydrogen-bond donors (Lipinski definition) is 0. The van der Waals surface area contributed by atoms with Crippen molar-refractivity contribution in [1.82, 2.24) is 4.57 Å². The number of aromatic nitrogens is 1. The molecule has 0 bridgehead atoms. The van der Waals surface area contributed by atoms with Crippen LogP contribution >= 0.6 is 56.7 Å². The quantitative estimate of drug-likeness (QED) is 0.0857. The minimum atomic E-state index is -0.120. The van der Waals surface area contributed by atoms with Crippen LogP contribution in [0.4, 0.5) is 0 Å². The Kier molecular flexibility index (Phi) is 14.3. The van der Waals surface area contributed by atoms with Gasteiger partial charge in [0.05, 0.1) is 20.2 Å². The molecule has 57 heavy (non-hydrogen) atoms. The predicted molar refractivity (Wildman–Crippen MR) is 259 cm³/mol. The highest BCUT2D eigenvalue weighted by molar-refractivity contribution is 7.32. The molecule has 0 spiro atoms. The Labute approximate surface area is 362 Å². The molecule has 6 rings (SSSR count). The summed E-state index contributed by atoms with van der Waals surface area (Å²) < 4.78 is 3.59. The fraction of sp³-hybridized carbons (Fsp3) is 0.551. The van der Waals surface area contributed by atoms with Crippen LogP contribution in [0.1, 0.15) is 154 Å². The lowest BCUT2D eigenvalue weighted by molar-refractivity contribution is 0.262. The molecule has 8 heteroatoms. The zero-order chi connectivity index (χ0) is 41.2. The Morgan fingerprint density at radius 3 is 1.75 bits per heavy atom. The number of hydrogen-bond acceptors (Lipinski definition) is 7. The fourth-order valence-corrected chi connectivity index (χ4v) is 14.4. The van der Waals surface area contributed by atoms with E-state index in [4.69, 9.17) is 0 Å². The molecule has 0 aliphatic heterocycles. The van der Waals surface area contributed by atoms with Gasteiger partial charge in [0.25, 0.3) is 11.1 Å². The van der Waals surface area contributed by atoms with E-state index in [1.807, 2.05) is 34.0 Å². The van der Waals surface area contributed by atoms with E-state index < -0.39 is 0 Å². The van der Waals surface area contributed by atoms with Crippen LogP contribution in [0.5, 0.6) is 0 Å². The molecule has 308 valence electrons. The van der Waals surface area contributed by atoms with Gasteiger partial charge >= 0.3 is 0 Å². The van der Waals surface area contributed by atoms with Crippen molar-refractivity contribution in [3.8, 4) is 29.3 Å². The monoisotopic (exact) mass is 859 g/mol. The van der Waals surface area contributed by atoms with E-state index in [1.165, 1.54) is 96.6 Å². The molecular weight excluding hydrogens is 795 g/mol. The molecule has 0 aromatic carbocycles. The van der Waals surface area contributed by atoms with Gasteiger partial charge in [0.1, 0.15) is 0 Å². The second-order valence-electron chi connectivity index (χ2n) is 18.6. The molecule has 0 amide bonds. The van der Waals surface area contributed by atoms with Gasteiger partial charge in [-0.3, -0.25) is 14.2 Å². The molecule has 6 heterocycles. The van der Waals surface area contributed by atoms with E-state index in [2.05, 4.69) is 113 Å². The molecule has 6 aromatic rings. The molecule has 0 radical (unpaired) electrons. The number of fused-ring (bicyclic) bond motifs is 3. The Balaban J connectivity index is 1.41. The van der Waals surface area contributed by atoms with Crippen LogP contribution in [-0.2, 0) is 17.4 Å². The molecule has 0 fully saturated rings. The van der Waals surface area contributed by atoms with Crippen molar-refractivity contribution in [1.29, 1.82) is 0 Å². The topological polar surface area (TPSA) is 39.1 Å². The first-order valence-electron chi connectivity index (χ1n) is 21.5. The number of unbranched alkanes of at least 4 members (excludes halogenated alkanes) is 7. The summed E-state index contributed by atoms with van der Waals surface area (Å²) in [5, 5.41) is 1.40. The van der Waals surface area contributed by atoms with Gasteiger partial charge in [0, 0.05) is 45.6 Å². The maximum absolute atomic E-state index is 14.9. The van der Waals surface area contributed by atoms with Crippen LogP contribution in [0.15, 0.2) is 46.0 Å². The van der Waals surface area contributed by atoms with Crippen molar-refractivity contribution < 1.29 is 0 Å². The average molecular weight is 860 g/mol. The number of aryl methyl sites for hydroxylation is 2. The molecule has 0 saturated carbocycles. The Morgan fingerprint density at radius 1 is 0.579 bits per heavy atom. The van der Waals surface area contributed by atoms with Crippen LogP contribution in [0, 0.1) is 25.7 Å². The highest BCUT2D eigenvalue weighted by Crippen LogP contribution is 2.48. The van der Waals surface area contributed by atoms with Gasteiger partial charge in [-0.1, -0.05) is 127 Å². The van der Waals surface area contributed by atoms with Crippen molar-refractivity contribution in [2.24, 2.45) is 11.8 Å². The lowest BCUT2D eigenvalue weighted by atomic mass is 9.85. The van der Waals surface area contributed by atoms with Gasteiger partial charge in [0.2, 0.25) is 0 Å². The van der Waals surface area contributed by atoms with Gasteiger partial charge < -0.3 is 0 Å². The van der Waals surface area contributed by atoms with Gasteiger partial charge in [-0.25, -0.2) is 0 Å². The molecule has 0 aliphatic carbocycles. The predicted octanol–water partition coefficient (Wildman–Crippen LogP) is 16.6. The summed E-state index contributed by atoms with van der Waals surface area (Å²) in [6, 6.07) is 13.4. The van der Waals surface area contributed by atoms with Gasteiger partial charge in [0.15, 0.2) is 0 Å². The number of rotatable bonds is 17. The van der Waals surface area contributed by atoms with Crippen molar-refractivity contribution in [3.63, 3.8) is 0 Å². The molecule has 0 N–H and O–H groups in total. The highest BCUT2D eigenvalue weighted by atomic mass is 32.1. The summed E-state index contributed by atoms with van der Waals surface area (Å²) in [4.78, 5) is 39.7.